The highest BCUT2D eigenvalue weighted by molar-refractivity contribution is 5.83. The van der Waals surface area contributed by atoms with Gasteiger partial charge in [-0.05, 0) is 30.9 Å². The van der Waals surface area contributed by atoms with Gasteiger partial charge in [-0.15, -0.1) is 13.2 Å². The lowest BCUT2D eigenvalue weighted by molar-refractivity contribution is -0.274. The predicted molar refractivity (Wildman–Crippen MR) is 84.6 cm³/mol. The smallest absolute Gasteiger partial charge is 0.480 e. The zero-order valence-corrected chi connectivity index (χ0v) is 13.9. The summed E-state index contributed by atoms with van der Waals surface area (Å²) in [5, 5.41) is 11.8. The molecule has 0 radical (unpaired) electrons. The molecule has 2 rings (SSSR count). The molecular formula is C17H20F3NO5. The van der Waals surface area contributed by atoms with Crippen molar-refractivity contribution >= 4 is 11.9 Å². The Hall–Kier alpha value is -2.29. The minimum Gasteiger partial charge on any atom is -0.480 e. The number of carboxylic acid groups (broad SMARTS) is 1. The van der Waals surface area contributed by atoms with Crippen molar-refractivity contribution in [2.24, 2.45) is 5.92 Å². The molecule has 9 heteroatoms. The fraction of sp³-hybridized carbons (Fsp3) is 0.529. The van der Waals surface area contributed by atoms with E-state index in [2.05, 4.69) is 10.1 Å². The third kappa shape index (κ3) is 6.21. The average molecular weight is 375 g/mol. The van der Waals surface area contributed by atoms with Crippen LogP contribution in [0.5, 0.6) is 5.75 Å². The number of alkyl halides is 3. The van der Waals surface area contributed by atoms with Gasteiger partial charge in [-0.25, -0.2) is 4.79 Å². The summed E-state index contributed by atoms with van der Waals surface area (Å²) in [7, 11) is 0. The van der Waals surface area contributed by atoms with E-state index in [9.17, 15) is 27.9 Å². The van der Waals surface area contributed by atoms with Crippen molar-refractivity contribution in [3.63, 3.8) is 0 Å². The average Bonchev–Trinajstić information content (AvgIpc) is 2.58. The van der Waals surface area contributed by atoms with E-state index in [-0.39, 0.29) is 36.7 Å². The van der Waals surface area contributed by atoms with E-state index in [0.717, 1.165) is 0 Å². The summed E-state index contributed by atoms with van der Waals surface area (Å²) in [5.74, 6) is -2.41. The lowest BCUT2D eigenvalue weighted by Crippen LogP contribution is -2.48. The normalized spacial score (nSPS) is 18.8. The Balaban J connectivity index is 1.94. The molecule has 0 saturated carbocycles. The molecule has 1 fully saturated rings. The van der Waals surface area contributed by atoms with Crippen molar-refractivity contribution in [3.8, 4) is 5.75 Å². The molecule has 1 aliphatic heterocycles. The Morgan fingerprint density at radius 2 is 2.08 bits per heavy atom. The minimum atomic E-state index is -4.83. The fourth-order valence-corrected chi connectivity index (χ4v) is 2.84. The lowest BCUT2D eigenvalue weighted by atomic mass is 9.93. The molecule has 2 unspecified atom stereocenters. The molecular weight excluding hydrogens is 355 g/mol. The topological polar surface area (TPSA) is 84.9 Å². The van der Waals surface area contributed by atoms with Crippen molar-refractivity contribution in [3.05, 3.63) is 29.8 Å². The zero-order valence-electron chi connectivity index (χ0n) is 13.9. The zero-order chi connectivity index (χ0) is 19.2. The van der Waals surface area contributed by atoms with E-state index in [0.29, 0.717) is 19.4 Å². The molecule has 0 bridgehead atoms. The van der Waals surface area contributed by atoms with E-state index < -0.39 is 24.3 Å². The number of aryl methyl sites for hydroxylation is 1. The molecule has 2 atom stereocenters. The third-order valence-electron chi connectivity index (χ3n) is 4.07. The van der Waals surface area contributed by atoms with Crippen LogP contribution >= 0.6 is 0 Å². The Bertz CT molecular complexity index is 629. The van der Waals surface area contributed by atoms with Crippen LogP contribution in [-0.2, 0) is 20.7 Å². The van der Waals surface area contributed by atoms with Gasteiger partial charge in [-0.1, -0.05) is 18.2 Å². The van der Waals surface area contributed by atoms with E-state index in [1.165, 1.54) is 24.3 Å². The molecule has 144 valence electrons. The highest BCUT2D eigenvalue weighted by Crippen LogP contribution is 2.27. The number of benzene rings is 1. The standard InChI is InChI=1S/C17H20F3NO5/c18-17(19,20)26-13-6-2-1-4-11(13)7-8-14(22)21-15(16(23)24)12-5-3-9-25-10-12/h1-2,4,6,12,15H,3,5,7-10H2,(H,21,22)(H,23,24). The highest BCUT2D eigenvalue weighted by atomic mass is 19.4. The second-order valence-corrected chi connectivity index (χ2v) is 6.02. The van der Waals surface area contributed by atoms with Gasteiger partial charge in [-0.2, -0.15) is 0 Å². The first kappa shape index (κ1) is 20.0. The molecule has 2 N–H and O–H groups in total. The number of carbonyl (C=O) groups excluding carboxylic acids is 1. The maximum absolute atomic E-state index is 12.4. The molecule has 26 heavy (non-hydrogen) atoms. The largest absolute Gasteiger partial charge is 0.573 e. The Kier molecular flexibility index (Phi) is 6.84. The molecule has 1 aromatic carbocycles. The molecule has 1 heterocycles. The van der Waals surface area contributed by atoms with Gasteiger partial charge in [0, 0.05) is 18.9 Å². The first-order valence-corrected chi connectivity index (χ1v) is 8.20. The van der Waals surface area contributed by atoms with Gasteiger partial charge >= 0.3 is 12.3 Å². The van der Waals surface area contributed by atoms with Gasteiger partial charge < -0.3 is 19.9 Å². The van der Waals surface area contributed by atoms with Crippen molar-refractivity contribution < 1.29 is 37.3 Å². The second-order valence-electron chi connectivity index (χ2n) is 6.02. The van der Waals surface area contributed by atoms with Crippen LogP contribution in [0.3, 0.4) is 0 Å². The summed E-state index contributed by atoms with van der Waals surface area (Å²) >= 11 is 0. The molecule has 1 aliphatic rings. The van der Waals surface area contributed by atoms with Crippen LogP contribution in [0, 0.1) is 5.92 Å². The summed E-state index contributed by atoms with van der Waals surface area (Å²) in [6.45, 7) is 0.812. The maximum Gasteiger partial charge on any atom is 0.573 e. The predicted octanol–water partition coefficient (Wildman–Crippen LogP) is 2.51. The molecule has 6 nitrogen and oxygen atoms in total. The Labute approximate surface area is 148 Å². The van der Waals surface area contributed by atoms with Crippen molar-refractivity contribution in [1.82, 2.24) is 5.32 Å². The molecule has 1 aromatic rings. The number of ether oxygens (including phenoxy) is 2. The van der Waals surface area contributed by atoms with Crippen LogP contribution < -0.4 is 10.1 Å². The summed E-state index contributed by atoms with van der Waals surface area (Å²) in [6.07, 6.45) is -3.65. The number of amides is 1. The van der Waals surface area contributed by atoms with Crippen LogP contribution in [-0.4, -0.2) is 42.6 Å². The summed E-state index contributed by atoms with van der Waals surface area (Å²) < 4.78 is 46.4. The number of carbonyl (C=O) groups is 2. The highest BCUT2D eigenvalue weighted by Gasteiger charge is 2.33. The number of nitrogens with one attached hydrogen (secondary N) is 1. The number of rotatable bonds is 7. The van der Waals surface area contributed by atoms with Gasteiger partial charge in [0.05, 0.1) is 6.61 Å². The van der Waals surface area contributed by atoms with Crippen molar-refractivity contribution in [2.45, 2.75) is 38.1 Å². The van der Waals surface area contributed by atoms with Crippen LogP contribution in [0.2, 0.25) is 0 Å². The third-order valence-corrected chi connectivity index (χ3v) is 4.07. The molecule has 0 spiro atoms. The van der Waals surface area contributed by atoms with Crippen molar-refractivity contribution in [2.75, 3.05) is 13.2 Å². The van der Waals surface area contributed by atoms with Gasteiger partial charge in [-0.3, -0.25) is 4.79 Å². The van der Waals surface area contributed by atoms with Crippen LogP contribution in [0.4, 0.5) is 13.2 Å². The van der Waals surface area contributed by atoms with Gasteiger partial charge in [0.25, 0.3) is 0 Å². The van der Waals surface area contributed by atoms with E-state index in [1.54, 1.807) is 0 Å². The van der Waals surface area contributed by atoms with Crippen LogP contribution in [0.1, 0.15) is 24.8 Å². The maximum atomic E-state index is 12.4. The Morgan fingerprint density at radius 1 is 1.35 bits per heavy atom. The molecule has 1 saturated heterocycles. The Morgan fingerprint density at radius 3 is 2.69 bits per heavy atom. The monoisotopic (exact) mass is 375 g/mol. The van der Waals surface area contributed by atoms with E-state index in [1.807, 2.05) is 0 Å². The van der Waals surface area contributed by atoms with E-state index >= 15 is 0 Å². The number of hydrogen-bond donors (Lipinski definition) is 2. The molecule has 1 amide bonds. The summed E-state index contributed by atoms with van der Waals surface area (Å²) in [4.78, 5) is 23.5. The fourth-order valence-electron chi connectivity index (χ4n) is 2.84. The number of aliphatic carboxylic acids is 1. The minimum absolute atomic E-state index is 0.00834. The van der Waals surface area contributed by atoms with Crippen LogP contribution in [0.25, 0.3) is 0 Å². The lowest BCUT2D eigenvalue weighted by Gasteiger charge is -2.28. The first-order chi connectivity index (χ1) is 12.3. The molecule has 0 aromatic heterocycles. The first-order valence-electron chi connectivity index (χ1n) is 8.20. The molecule has 0 aliphatic carbocycles. The quantitative estimate of drug-likeness (QED) is 0.765. The summed E-state index contributed by atoms with van der Waals surface area (Å²) in [5.41, 5.74) is 0.216. The number of halogens is 3. The number of hydrogen-bond acceptors (Lipinski definition) is 4. The second kappa shape index (κ2) is 8.88. The van der Waals surface area contributed by atoms with Gasteiger partial charge in [0.2, 0.25) is 5.91 Å². The van der Waals surface area contributed by atoms with Gasteiger partial charge in [0.15, 0.2) is 0 Å². The number of para-hydroxylation sites is 1. The number of carboxylic acids is 1. The summed E-state index contributed by atoms with van der Waals surface area (Å²) in [6, 6.07) is 4.45. The van der Waals surface area contributed by atoms with Crippen LogP contribution in [0.15, 0.2) is 24.3 Å². The SMILES string of the molecule is O=C(CCc1ccccc1OC(F)(F)F)NC(C(=O)O)C1CCCOC1. The van der Waals surface area contributed by atoms with Gasteiger partial charge in [0.1, 0.15) is 11.8 Å². The van der Waals surface area contributed by atoms with E-state index in [4.69, 9.17) is 4.74 Å². The van der Waals surface area contributed by atoms with Crippen molar-refractivity contribution in [1.29, 1.82) is 0 Å².